The molecule has 0 unspecified atom stereocenters. The lowest BCUT2D eigenvalue weighted by Gasteiger charge is -2.36. The second-order valence-electron chi connectivity index (χ2n) is 5.17. The van der Waals surface area contributed by atoms with Crippen LogP contribution in [-0.2, 0) is 0 Å². The van der Waals surface area contributed by atoms with Gasteiger partial charge in [0.1, 0.15) is 0 Å². The molecule has 0 saturated heterocycles. The standard InChI is InChI=1S/C12H27N/c1-9(2)8-13(11(5)6)12(7)10(3)4/h9-12H,8H2,1-7H3/t12-/m0/s1. The topological polar surface area (TPSA) is 3.24 Å². The molecule has 0 N–H and O–H groups in total. The van der Waals surface area contributed by atoms with Crippen molar-refractivity contribution in [3.8, 4) is 0 Å². The Hall–Kier alpha value is -0.0400. The maximum Gasteiger partial charge on any atom is 0.00927 e. The summed E-state index contributed by atoms with van der Waals surface area (Å²) in [7, 11) is 0. The average molecular weight is 185 g/mol. The third-order valence-electron chi connectivity index (χ3n) is 2.73. The molecule has 0 spiro atoms. The summed E-state index contributed by atoms with van der Waals surface area (Å²) in [4.78, 5) is 2.61. The normalized spacial score (nSPS) is 15.0. The molecule has 1 heteroatoms. The van der Waals surface area contributed by atoms with Crippen LogP contribution in [0.5, 0.6) is 0 Å². The highest BCUT2D eigenvalue weighted by Gasteiger charge is 2.20. The summed E-state index contributed by atoms with van der Waals surface area (Å²) >= 11 is 0. The van der Waals surface area contributed by atoms with Crippen molar-refractivity contribution in [1.82, 2.24) is 4.90 Å². The van der Waals surface area contributed by atoms with Crippen LogP contribution < -0.4 is 0 Å². The molecule has 1 atom stereocenters. The predicted molar refractivity (Wildman–Crippen MR) is 61.0 cm³/mol. The molecule has 0 saturated carbocycles. The number of hydrogen-bond acceptors (Lipinski definition) is 1. The lowest BCUT2D eigenvalue weighted by Crippen LogP contribution is -2.43. The van der Waals surface area contributed by atoms with Crippen LogP contribution >= 0.6 is 0 Å². The second kappa shape index (κ2) is 5.64. The van der Waals surface area contributed by atoms with Gasteiger partial charge in [-0.1, -0.05) is 27.7 Å². The van der Waals surface area contributed by atoms with E-state index in [0.717, 1.165) is 11.8 Å². The summed E-state index contributed by atoms with van der Waals surface area (Å²) < 4.78 is 0. The summed E-state index contributed by atoms with van der Waals surface area (Å²) in [6.45, 7) is 17.3. The second-order valence-corrected chi connectivity index (χ2v) is 5.17. The first kappa shape index (κ1) is 13.0. The summed E-state index contributed by atoms with van der Waals surface area (Å²) in [5, 5.41) is 0. The zero-order chi connectivity index (χ0) is 10.6. The van der Waals surface area contributed by atoms with E-state index in [-0.39, 0.29) is 0 Å². The molecule has 0 radical (unpaired) electrons. The molecule has 0 aromatic rings. The van der Waals surface area contributed by atoms with E-state index < -0.39 is 0 Å². The molecule has 0 aliphatic heterocycles. The van der Waals surface area contributed by atoms with Gasteiger partial charge in [-0.3, -0.25) is 4.90 Å². The van der Waals surface area contributed by atoms with Crippen molar-refractivity contribution in [1.29, 1.82) is 0 Å². The molecule has 0 bridgehead atoms. The molecule has 0 aliphatic carbocycles. The number of hydrogen-bond donors (Lipinski definition) is 0. The summed E-state index contributed by atoms with van der Waals surface area (Å²) in [6.07, 6.45) is 0. The zero-order valence-corrected chi connectivity index (χ0v) is 10.5. The van der Waals surface area contributed by atoms with E-state index in [9.17, 15) is 0 Å². The Morgan fingerprint density at radius 3 is 1.54 bits per heavy atom. The van der Waals surface area contributed by atoms with Crippen molar-refractivity contribution in [3.05, 3.63) is 0 Å². The average Bonchev–Trinajstić information content (AvgIpc) is 1.97. The van der Waals surface area contributed by atoms with Gasteiger partial charge in [0.25, 0.3) is 0 Å². The zero-order valence-electron chi connectivity index (χ0n) is 10.5. The maximum atomic E-state index is 2.61. The van der Waals surface area contributed by atoms with Gasteiger partial charge in [0, 0.05) is 18.6 Å². The Balaban J connectivity index is 4.24. The lowest BCUT2D eigenvalue weighted by atomic mass is 10.0. The van der Waals surface area contributed by atoms with E-state index in [1.165, 1.54) is 6.54 Å². The van der Waals surface area contributed by atoms with Gasteiger partial charge in [0.2, 0.25) is 0 Å². The summed E-state index contributed by atoms with van der Waals surface area (Å²) in [6, 6.07) is 1.36. The Labute approximate surface area is 84.5 Å². The van der Waals surface area contributed by atoms with Gasteiger partial charge in [-0.25, -0.2) is 0 Å². The van der Waals surface area contributed by atoms with Crippen LogP contribution in [0.15, 0.2) is 0 Å². The van der Waals surface area contributed by atoms with Gasteiger partial charge in [0.15, 0.2) is 0 Å². The van der Waals surface area contributed by atoms with Gasteiger partial charge in [0.05, 0.1) is 0 Å². The van der Waals surface area contributed by atoms with Gasteiger partial charge < -0.3 is 0 Å². The van der Waals surface area contributed by atoms with Crippen LogP contribution in [-0.4, -0.2) is 23.5 Å². The highest BCUT2D eigenvalue weighted by atomic mass is 15.2. The molecule has 0 fully saturated rings. The first-order valence-corrected chi connectivity index (χ1v) is 5.62. The van der Waals surface area contributed by atoms with E-state index in [1.807, 2.05) is 0 Å². The highest BCUT2D eigenvalue weighted by molar-refractivity contribution is 4.74. The largest absolute Gasteiger partial charge is 0.298 e. The van der Waals surface area contributed by atoms with E-state index in [1.54, 1.807) is 0 Å². The van der Waals surface area contributed by atoms with E-state index in [4.69, 9.17) is 0 Å². The van der Waals surface area contributed by atoms with Crippen LogP contribution in [0.1, 0.15) is 48.5 Å². The van der Waals surface area contributed by atoms with Crippen molar-refractivity contribution < 1.29 is 0 Å². The third-order valence-corrected chi connectivity index (χ3v) is 2.73. The quantitative estimate of drug-likeness (QED) is 0.634. The van der Waals surface area contributed by atoms with E-state index in [2.05, 4.69) is 53.4 Å². The first-order chi connectivity index (χ1) is 5.86. The maximum absolute atomic E-state index is 2.61. The molecule has 0 aromatic carbocycles. The van der Waals surface area contributed by atoms with Crippen molar-refractivity contribution in [2.45, 2.75) is 60.5 Å². The van der Waals surface area contributed by atoms with E-state index >= 15 is 0 Å². The van der Waals surface area contributed by atoms with Crippen LogP contribution in [0.4, 0.5) is 0 Å². The summed E-state index contributed by atoms with van der Waals surface area (Å²) in [5.74, 6) is 1.52. The minimum Gasteiger partial charge on any atom is -0.298 e. The fourth-order valence-corrected chi connectivity index (χ4v) is 1.65. The fourth-order valence-electron chi connectivity index (χ4n) is 1.65. The Morgan fingerprint density at radius 2 is 1.31 bits per heavy atom. The molecule has 0 rings (SSSR count). The van der Waals surface area contributed by atoms with Crippen LogP contribution in [0.2, 0.25) is 0 Å². The Bertz CT molecular complexity index is 127. The van der Waals surface area contributed by atoms with Gasteiger partial charge in [-0.2, -0.15) is 0 Å². The fraction of sp³-hybridized carbons (Fsp3) is 1.00. The molecule has 1 nitrogen and oxygen atoms in total. The van der Waals surface area contributed by atoms with Gasteiger partial charge in [-0.05, 0) is 32.6 Å². The van der Waals surface area contributed by atoms with Crippen molar-refractivity contribution in [2.24, 2.45) is 11.8 Å². The van der Waals surface area contributed by atoms with Crippen molar-refractivity contribution in [2.75, 3.05) is 6.54 Å². The van der Waals surface area contributed by atoms with Crippen molar-refractivity contribution >= 4 is 0 Å². The van der Waals surface area contributed by atoms with Crippen LogP contribution in [0.3, 0.4) is 0 Å². The highest BCUT2D eigenvalue weighted by Crippen LogP contribution is 2.15. The van der Waals surface area contributed by atoms with Crippen molar-refractivity contribution in [3.63, 3.8) is 0 Å². The number of rotatable bonds is 5. The molecular formula is C12H27N. The molecule has 0 aliphatic rings. The molecule has 80 valence electrons. The smallest absolute Gasteiger partial charge is 0.00927 e. The SMILES string of the molecule is CC(C)CN(C(C)C)[C@@H](C)C(C)C. The monoisotopic (exact) mass is 185 g/mol. The van der Waals surface area contributed by atoms with E-state index in [0.29, 0.717) is 12.1 Å². The minimum atomic E-state index is 0.666. The first-order valence-electron chi connectivity index (χ1n) is 5.62. The molecular weight excluding hydrogens is 158 g/mol. The minimum absolute atomic E-state index is 0.666. The Kier molecular flexibility index (Phi) is 5.62. The van der Waals surface area contributed by atoms with Crippen LogP contribution in [0, 0.1) is 11.8 Å². The van der Waals surface area contributed by atoms with Gasteiger partial charge >= 0.3 is 0 Å². The molecule has 0 heterocycles. The van der Waals surface area contributed by atoms with Crippen LogP contribution in [0.25, 0.3) is 0 Å². The molecule has 13 heavy (non-hydrogen) atoms. The Morgan fingerprint density at radius 1 is 0.846 bits per heavy atom. The number of nitrogens with zero attached hydrogens (tertiary/aromatic N) is 1. The van der Waals surface area contributed by atoms with Gasteiger partial charge in [-0.15, -0.1) is 0 Å². The lowest BCUT2D eigenvalue weighted by molar-refractivity contribution is 0.114. The summed E-state index contributed by atoms with van der Waals surface area (Å²) in [5.41, 5.74) is 0. The molecule has 0 amide bonds. The molecule has 0 aromatic heterocycles. The third kappa shape index (κ3) is 4.66. The predicted octanol–water partition coefficient (Wildman–Crippen LogP) is 3.40.